The summed E-state index contributed by atoms with van der Waals surface area (Å²) >= 11 is 0. The smallest absolute Gasteiger partial charge is 0.129 e. The van der Waals surface area contributed by atoms with Crippen molar-refractivity contribution in [3.8, 4) is 0 Å². The number of rotatable bonds is 3. The van der Waals surface area contributed by atoms with E-state index in [-0.39, 0.29) is 0 Å². The fourth-order valence-electron chi connectivity index (χ4n) is 3.02. The molecule has 0 unspecified atom stereocenters. The summed E-state index contributed by atoms with van der Waals surface area (Å²) in [5.41, 5.74) is 3.59. The molecule has 1 saturated heterocycles. The van der Waals surface area contributed by atoms with E-state index in [1.54, 1.807) is 0 Å². The van der Waals surface area contributed by atoms with Crippen molar-refractivity contribution in [3.63, 3.8) is 0 Å². The van der Waals surface area contributed by atoms with Crippen LogP contribution in [-0.2, 0) is 0 Å². The zero-order valence-corrected chi connectivity index (χ0v) is 12.6. The average molecular weight is 272 g/mol. The Bertz CT molecular complexity index is 579. The maximum atomic E-state index is 4.91. The fraction of sp³-hybridized carbons (Fsp3) is 0.562. The van der Waals surface area contributed by atoms with Crippen LogP contribution in [0.3, 0.4) is 0 Å². The maximum Gasteiger partial charge on any atom is 0.129 e. The Morgan fingerprint density at radius 2 is 2.05 bits per heavy atom. The molecule has 1 aliphatic rings. The first kappa shape index (κ1) is 13.4. The molecule has 108 valence electrons. The number of nitrogens with zero attached hydrogens (tertiary/aromatic N) is 2. The third-order valence-corrected chi connectivity index (χ3v) is 4.39. The number of hydrogen-bond acceptors (Lipinski definition) is 3. The highest BCUT2D eigenvalue weighted by Crippen LogP contribution is 2.27. The van der Waals surface area contributed by atoms with Crippen LogP contribution in [0.4, 0.5) is 5.82 Å². The Morgan fingerprint density at radius 1 is 1.30 bits per heavy atom. The van der Waals surface area contributed by atoms with Gasteiger partial charge in [0.2, 0.25) is 0 Å². The van der Waals surface area contributed by atoms with Gasteiger partial charge in [-0.2, -0.15) is 0 Å². The van der Waals surface area contributed by atoms with Crippen molar-refractivity contribution in [3.05, 3.63) is 23.9 Å². The maximum absolute atomic E-state index is 4.91. The van der Waals surface area contributed by atoms with Crippen LogP contribution in [0.1, 0.15) is 38.2 Å². The molecule has 4 nitrogen and oxygen atoms in total. The SMILES string of the molecule is CNC1CCN(c2ccc3[nH]cc(C(C)C)c3n2)CC1. The Hall–Kier alpha value is -1.55. The van der Waals surface area contributed by atoms with Gasteiger partial charge in [0.25, 0.3) is 0 Å². The molecular formula is C16H24N4. The molecule has 0 bridgehead atoms. The van der Waals surface area contributed by atoms with Gasteiger partial charge in [0.05, 0.1) is 11.0 Å². The largest absolute Gasteiger partial charge is 0.360 e. The van der Waals surface area contributed by atoms with Crippen molar-refractivity contribution < 1.29 is 0 Å². The third-order valence-electron chi connectivity index (χ3n) is 4.39. The molecule has 0 aliphatic carbocycles. The van der Waals surface area contributed by atoms with Gasteiger partial charge in [0.15, 0.2) is 0 Å². The van der Waals surface area contributed by atoms with Crippen molar-refractivity contribution in [2.45, 2.75) is 38.6 Å². The Labute approximate surface area is 120 Å². The summed E-state index contributed by atoms with van der Waals surface area (Å²) in [6.45, 7) is 6.61. The number of H-pyrrole nitrogens is 1. The molecule has 0 amide bonds. The molecule has 0 saturated carbocycles. The summed E-state index contributed by atoms with van der Waals surface area (Å²) in [5.74, 6) is 1.62. The van der Waals surface area contributed by atoms with Gasteiger partial charge < -0.3 is 15.2 Å². The molecule has 2 aromatic rings. The highest BCUT2D eigenvalue weighted by Gasteiger charge is 2.19. The van der Waals surface area contributed by atoms with E-state index in [1.807, 2.05) is 0 Å². The van der Waals surface area contributed by atoms with E-state index in [2.05, 4.69) is 54.4 Å². The van der Waals surface area contributed by atoms with Gasteiger partial charge in [-0.25, -0.2) is 4.98 Å². The molecular weight excluding hydrogens is 248 g/mol. The van der Waals surface area contributed by atoms with E-state index in [9.17, 15) is 0 Å². The standard InChI is InChI=1S/C16H24N4/c1-11(2)13-10-18-14-4-5-15(19-16(13)14)20-8-6-12(17-3)7-9-20/h4-5,10-12,17-18H,6-9H2,1-3H3. The quantitative estimate of drug-likeness (QED) is 0.903. The lowest BCUT2D eigenvalue weighted by Crippen LogP contribution is -2.41. The van der Waals surface area contributed by atoms with Crippen LogP contribution >= 0.6 is 0 Å². The van der Waals surface area contributed by atoms with Crippen LogP contribution in [0.5, 0.6) is 0 Å². The third kappa shape index (κ3) is 2.40. The van der Waals surface area contributed by atoms with Crippen LogP contribution < -0.4 is 10.2 Å². The first-order valence-electron chi connectivity index (χ1n) is 7.59. The van der Waals surface area contributed by atoms with Gasteiger partial charge in [0, 0.05) is 25.3 Å². The van der Waals surface area contributed by atoms with Crippen LogP contribution in [0.15, 0.2) is 18.3 Å². The second kappa shape index (κ2) is 5.44. The van der Waals surface area contributed by atoms with Gasteiger partial charge >= 0.3 is 0 Å². The summed E-state index contributed by atoms with van der Waals surface area (Å²) in [6.07, 6.45) is 4.49. The number of fused-ring (bicyclic) bond motifs is 1. The number of piperidine rings is 1. The molecule has 2 aromatic heterocycles. The Kier molecular flexibility index (Phi) is 3.66. The van der Waals surface area contributed by atoms with Crippen LogP contribution in [0.25, 0.3) is 11.0 Å². The van der Waals surface area contributed by atoms with Gasteiger partial charge in [-0.05, 0) is 43.5 Å². The highest BCUT2D eigenvalue weighted by molar-refractivity contribution is 5.81. The molecule has 1 aliphatic heterocycles. The molecule has 0 atom stereocenters. The van der Waals surface area contributed by atoms with E-state index < -0.39 is 0 Å². The topological polar surface area (TPSA) is 44.0 Å². The van der Waals surface area contributed by atoms with Gasteiger partial charge in [-0.3, -0.25) is 0 Å². The zero-order valence-electron chi connectivity index (χ0n) is 12.6. The summed E-state index contributed by atoms with van der Waals surface area (Å²) in [6, 6.07) is 4.96. The summed E-state index contributed by atoms with van der Waals surface area (Å²) in [5, 5.41) is 3.37. The van der Waals surface area contributed by atoms with E-state index >= 15 is 0 Å². The number of aromatic nitrogens is 2. The highest BCUT2D eigenvalue weighted by atomic mass is 15.2. The lowest BCUT2D eigenvalue weighted by molar-refractivity contribution is 0.441. The van der Waals surface area contributed by atoms with Crippen molar-refractivity contribution >= 4 is 16.9 Å². The van der Waals surface area contributed by atoms with E-state index in [0.717, 1.165) is 29.9 Å². The molecule has 4 heteroatoms. The van der Waals surface area contributed by atoms with Gasteiger partial charge in [0.1, 0.15) is 5.82 Å². The molecule has 0 aromatic carbocycles. The number of pyridine rings is 1. The van der Waals surface area contributed by atoms with E-state index in [1.165, 1.54) is 18.4 Å². The minimum absolute atomic E-state index is 0.501. The summed E-state index contributed by atoms with van der Waals surface area (Å²) in [7, 11) is 2.05. The summed E-state index contributed by atoms with van der Waals surface area (Å²) < 4.78 is 0. The zero-order chi connectivity index (χ0) is 14.1. The normalized spacial score (nSPS) is 17.3. The van der Waals surface area contributed by atoms with E-state index in [4.69, 9.17) is 4.98 Å². The molecule has 1 fully saturated rings. The average Bonchev–Trinajstić information content (AvgIpc) is 2.90. The van der Waals surface area contributed by atoms with Crippen LogP contribution in [0.2, 0.25) is 0 Å². The minimum atomic E-state index is 0.501. The molecule has 0 radical (unpaired) electrons. The number of hydrogen-bond donors (Lipinski definition) is 2. The van der Waals surface area contributed by atoms with Crippen LogP contribution in [0, 0.1) is 0 Å². The van der Waals surface area contributed by atoms with Crippen molar-refractivity contribution in [2.24, 2.45) is 0 Å². The number of nitrogens with one attached hydrogen (secondary N) is 2. The fourth-order valence-corrected chi connectivity index (χ4v) is 3.02. The Balaban J connectivity index is 1.87. The van der Waals surface area contributed by atoms with Crippen molar-refractivity contribution in [1.29, 1.82) is 0 Å². The van der Waals surface area contributed by atoms with Crippen molar-refractivity contribution in [1.82, 2.24) is 15.3 Å². The lowest BCUT2D eigenvalue weighted by atomic mass is 10.0. The minimum Gasteiger partial charge on any atom is -0.360 e. The molecule has 20 heavy (non-hydrogen) atoms. The first-order chi connectivity index (χ1) is 9.69. The summed E-state index contributed by atoms with van der Waals surface area (Å²) in [4.78, 5) is 10.6. The van der Waals surface area contributed by atoms with Gasteiger partial charge in [-0.15, -0.1) is 0 Å². The monoisotopic (exact) mass is 272 g/mol. The van der Waals surface area contributed by atoms with Crippen LogP contribution in [-0.4, -0.2) is 36.1 Å². The second-order valence-electron chi connectivity index (χ2n) is 6.01. The van der Waals surface area contributed by atoms with Gasteiger partial charge in [-0.1, -0.05) is 13.8 Å². The van der Waals surface area contributed by atoms with Crippen molar-refractivity contribution in [2.75, 3.05) is 25.0 Å². The second-order valence-corrected chi connectivity index (χ2v) is 6.01. The number of aromatic amines is 1. The predicted molar refractivity (Wildman–Crippen MR) is 84.5 cm³/mol. The Morgan fingerprint density at radius 3 is 2.70 bits per heavy atom. The molecule has 3 heterocycles. The van der Waals surface area contributed by atoms with E-state index in [0.29, 0.717) is 12.0 Å². The predicted octanol–water partition coefficient (Wildman–Crippen LogP) is 2.87. The molecule has 2 N–H and O–H groups in total. The molecule has 0 spiro atoms. The lowest BCUT2D eigenvalue weighted by Gasteiger charge is -2.32. The molecule has 3 rings (SSSR count). The first-order valence-corrected chi connectivity index (χ1v) is 7.59. The number of anilines is 1.